The normalized spacial score (nSPS) is 27.5. The van der Waals surface area contributed by atoms with E-state index in [2.05, 4.69) is 5.32 Å². The van der Waals surface area contributed by atoms with E-state index in [0.717, 1.165) is 24.3 Å². The summed E-state index contributed by atoms with van der Waals surface area (Å²) in [5.41, 5.74) is 0.706. The van der Waals surface area contributed by atoms with Crippen LogP contribution >= 0.6 is 23.4 Å². The van der Waals surface area contributed by atoms with E-state index < -0.39 is 0 Å². The Kier molecular flexibility index (Phi) is 4.78. The Bertz CT molecular complexity index is 747. The number of anilines is 1. The highest BCUT2D eigenvalue weighted by Crippen LogP contribution is 2.40. The number of fused-ring (bicyclic) bond motifs is 2. The summed E-state index contributed by atoms with van der Waals surface area (Å²) in [6.45, 7) is 0.808. The lowest BCUT2D eigenvalue weighted by atomic mass is 9.78. The van der Waals surface area contributed by atoms with Crippen LogP contribution in [0.2, 0.25) is 5.02 Å². The number of halogens is 1. The Morgan fingerprint density at radius 2 is 2.04 bits per heavy atom. The minimum absolute atomic E-state index is 0.0216. The fourth-order valence-electron chi connectivity index (χ4n) is 4.23. The number of rotatable bonds is 1. The van der Waals surface area contributed by atoms with Gasteiger partial charge in [0.15, 0.2) is 0 Å². The number of nitrogens with one attached hydrogen (secondary N) is 1. The number of hydrogen-bond donors (Lipinski definition) is 1. The van der Waals surface area contributed by atoms with Crippen LogP contribution in [0.1, 0.15) is 38.5 Å². The molecule has 0 radical (unpaired) electrons. The maximum Gasteiger partial charge on any atom is 0.262 e. The summed E-state index contributed by atoms with van der Waals surface area (Å²) in [6, 6.07) is 5.76. The molecule has 25 heavy (non-hydrogen) atoms. The largest absolute Gasteiger partial charge is 0.336 e. The van der Waals surface area contributed by atoms with Gasteiger partial charge in [-0.3, -0.25) is 9.59 Å². The fraction of sp³-hybridized carbons (Fsp3) is 0.474. The van der Waals surface area contributed by atoms with Crippen molar-refractivity contribution in [1.82, 2.24) is 4.90 Å². The van der Waals surface area contributed by atoms with Crippen LogP contribution in [0.15, 0.2) is 34.1 Å². The van der Waals surface area contributed by atoms with Gasteiger partial charge in [0, 0.05) is 28.6 Å². The first-order valence-corrected chi connectivity index (χ1v) is 10.1. The Balaban J connectivity index is 1.54. The molecule has 1 saturated carbocycles. The zero-order valence-corrected chi connectivity index (χ0v) is 15.5. The molecule has 2 atom stereocenters. The van der Waals surface area contributed by atoms with E-state index in [-0.39, 0.29) is 11.8 Å². The number of likely N-dealkylation sites (tertiary alicyclic amines) is 1. The summed E-state index contributed by atoms with van der Waals surface area (Å²) in [7, 11) is 0. The molecular weight excluding hydrogens is 356 g/mol. The van der Waals surface area contributed by atoms with Crippen LogP contribution in [-0.4, -0.2) is 29.3 Å². The number of thioether (sulfide) groups is 1. The van der Waals surface area contributed by atoms with E-state index in [1.54, 1.807) is 12.1 Å². The fourth-order valence-corrected chi connectivity index (χ4v) is 5.29. The van der Waals surface area contributed by atoms with Gasteiger partial charge >= 0.3 is 0 Å². The zero-order chi connectivity index (χ0) is 17.4. The van der Waals surface area contributed by atoms with Crippen LogP contribution in [0, 0.1) is 5.92 Å². The number of nitrogens with zero attached hydrogens (tertiary/aromatic N) is 1. The molecule has 0 aromatic heterocycles. The first-order valence-electron chi connectivity index (χ1n) is 8.93. The minimum Gasteiger partial charge on any atom is -0.336 e. The van der Waals surface area contributed by atoms with Crippen LogP contribution in [-0.2, 0) is 9.59 Å². The van der Waals surface area contributed by atoms with E-state index in [1.807, 2.05) is 11.0 Å². The van der Waals surface area contributed by atoms with Crippen LogP contribution in [0.5, 0.6) is 0 Å². The van der Waals surface area contributed by atoms with Gasteiger partial charge in [-0.1, -0.05) is 36.2 Å². The third-order valence-electron chi connectivity index (χ3n) is 5.41. The molecule has 4 rings (SSSR count). The van der Waals surface area contributed by atoms with Crippen LogP contribution in [0.4, 0.5) is 5.69 Å². The second-order valence-electron chi connectivity index (χ2n) is 6.99. The molecule has 3 aliphatic rings. The van der Waals surface area contributed by atoms with Gasteiger partial charge in [-0.05, 0) is 49.8 Å². The molecule has 2 heterocycles. The smallest absolute Gasteiger partial charge is 0.262 e. The van der Waals surface area contributed by atoms with Gasteiger partial charge in [0.05, 0.1) is 10.6 Å². The van der Waals surface area contributed by atoms with Gasteiger partial charge in [-0.15, -0.1) is 0 Å². The topological polar surface area (TPSA) is 49.4 Å². The van der Waals surface area contributed by atoms with Crippen molar-refractivity contribution < 1.29 is 9.59 Å². The predicted octanol–water partition coefficient (Wildman–Crippen LogP) is 4.45. The molecule has 1 N–H and O–H groups in total. The van der Waals surface area contributed by atoms with Crippen molar-refractivity contribution >= 4 is 40.9 Å². The summed E-state index contributed by atoms with van der Waals surface area (Å²) in [5.74, 6) is 0.387. The molecule has 2 fully saturated rings. The molecule has 1 aromatic rings. The highest BCUT2D eigenvalue weighted by molar-refractivity contribution is 8.04. The van der Waals surface area contributed by atoms with E-state index in [4.69, 9.17) is 11.6 Å². The minimum atomic E-state index is -0.231. The number of benzene rings is 1. The quantitative estimate of drug-likeness (QED) is 0.736. The SMILES string of the molecule is O=C1Nc2cc(Cl)ccc2S/C1=C/C(=O)N1CCC[C@@H]2CCCC[C@H]21. The Hall–Kier alpha value is -1.46. The van der Waals surface area contributed by atoms with E-state index in [9.17, 15) is 9.59 Å². The highest BCUT2D eigenvalue weighted by atomic mass is 35.5. The maximum atomic E-state index is 12.9. The molecule has 0 bridgehead atoms. The second-order valence-corrected chi connectivity index (χ2v) is 8.51. The van der Waals surface area contributed by atoms with Gasteiger partial charge in [0.25, 0.3) is 5.91 Å². The van der Waals surface area contributed by atoms with Crippen molar-refractivity contribution in [3.63, 3.8) is 0 Å². The number of carbonyl (C=O) groups excluding carboxylic acids is 2. The summed E-state index contributed by atoms with van der Waals surface area (Å²) < 4.78 is 0. The molecule has 0 unspecified atom stereocenters. The standard InChI is InChI=1S/C19H21ClN2O2S/c20-13-7-8-16-14(10-13)21-19(24)17(25-16)11-18(23)22-9-3-5-12-4-1-2-6-15(12)22/h7-8,10-12,15H,1-6,9H2,(H,21,24)/b17-11+/t12-,15+/m0/s1. The first kappa shape index (κ1) is 17.0. The van der Waals surface area contributed by atoms with Crippen molar-refractivity contribution in [2.24, 2.45) is 5.92 Å². The summed E-state index contributed by atoms with van der Waals surface area (Å²) in [5, 5.41) is 3.42. The lowest BCUT2D eigenvalue weighted by molar-refractivity contribution is -0.132. The first-order chi connectivity index (χ1) is 12.1. The Morgan fingerprint density at radius 1 is 1.24 bits per heavy atom. The molecule has 1 aromatic carbocycles. The monoisotopic (exact) mass is 376 g/mol. The van der Waals surface area contributed by atoms with Crippen molar-refractivity contribution in [2.45, 2.75) is 49.5 Å². The third kappa shape index (κ3) is 3.44. The lowest BCUT2D eigenvalue weighted by Crippen LogP contribution is -2.49. The van der Waals surface area contributed by atoms with E-state index in [1.165, 1.54) is 43.5 Å². The van der Waals surface area contributed by atoms with Crippen molar-refractivity contribution in [3.8, 4) is 0 Å². The average molecular weight is 377 g/mol. The molecule has 2 aliphatic heterocycles. The number of hydrogen-bond acceptors (Lipinski definition) is 3. The van der Waals surface area contributed by atoms with Crippen LogP contribution in [0.3, 0.4) is 0 Å². The van der Waals surface area contributed by atoms with E-state index in [0.29, 0.717) is 27.6 Å². The van der Waals surface area contributed by atoms with Gasteiger partial charge in [-0.2, -0.15) is 0 Å². The number of amides is 2. The van der Waals surface area contributed by atoms with Crippen LogP contribution in [0.25, 0.3) is 0 Å². The van der Waals surface area contributed by atoms with Gasteiger partial charge in [-0.25, -0.2) is 0 Å². The molecule has 4 nitrogen and oxygen atoms in total. The highest BCUT2D eigenvalue weighted by Gasteiger charge is 2.35. The molecule has 6 heteroatoms. The van der Waals surface area contributed by atoms with Gasteiger partial charge in [0.1, 0.15) is 0 Å². The summed E-state index contributed by atoms with van der Waals surface area (Å²) >= 11 is 7.31. The summed E-state index contributed by atoms with van der Waals surface area (Å²) in [6.07, 6.45) is 8.63. The Morgan fingerprint density at radius 3 is 2.92 bits per heavy atom. The lowest BCUT2D eigenvalue weighted by Gasteiger charge is -2.43. The van der Waals surface area contributed by atoms with Crippen LogP contribution < -0.4 is 5.32 Å². The maximum absolute atomic E-state index is 12.9. The number of piperidine rings is 1. The van der Waals surface area contributed by atoms with Crippen molar-refractivity contribution in [2.75, 3.05) is 11.9 Å². The zero-order valence-electron chi connectivity index (χ0n) is 14.0. The second kappa shape index (κ2) is 7.04. The summed E-state index contributed by atoms with van der Waals surface area (Å²) in [4.78, 5) is 28.6. The molecule has 0 spiro atoms. The Labute approximate surface area is 157 Å². The molecule has 1 saturated heterocycles. The van der Waals surface area contributed by atoms with Gasteiger partial charge in [0.2, 0.25) is 5.91 Å². The predicted molar refractivity (Wildman–Crippen MR) is 101 cm³/mol. The third-order valence-corrected chi connectivity index (χ3v) is 6.75. The van der Waals surface area contributed by atoms with Crippen molar-refractivity contribution in [3.05, 3.63) is 34.2 Å². The van der Waals surface area contributed by atoms with E-state index >= 15 is 0 Å². The number of carbonyl (C=O) groups is 2. The average Bonchev–Trinajstić information content (AvgIpc) is 2.62. The van der Waals surface area contributed by atoms with Crippen molar-refractivity contribution in [1.29, 1.82) is 0 Å². The molecule has 1 aliphatic carbocycles. The molecule has 2 amide bonds. The van der Waals surface area contributed by atoms with Gasteiger partial charge < -0.3 is 10.2 Å². The molecular formula is C19H21ClN2O2S. The molecule has 132 valence electrons.